The van der Waals surface area contributed by atoms with E-state index in [0.717, 1.165) is 5.56 Å². The summed E-state index contributed by atoms with van der Waals surface area (Å²) in [6, 6.07) is 9.61. The van der Waals surface area contributed by atoms with E-state index in [4.69, 9.17) is 0 Å². The quantitative estimate of drug-likeness (QED) is 0.746. The normalized spacial score (nSPS) is 10.5. The van der Waals surface area contributed by atoms with Crippen molar-refractivity contribution in [2.24, 2.45) is 0 Å². The Bertz CT molecular complexity index is 476. The predicted molar refractivity (Wildman–Crippen MR) is 59.2 cm³/mol. The molecule has 1 aromatic heterocycles. The second-order valence-electron chi connectivity index (χ2n) is 3.13. The van der Waals surface area contributed by atoms with E-state index in [-0.39, 0.29) is 5.91 Å². The van der Waals surface area contributed by atoms with Crippen molar-refractivity contribution >= 4 is 17.8 Å². The van der Waals surface area contributed by atoms with Crippen LogP contribution >= 0.6 is 0 Å². The van der Waals surface area contributed by atoms with E-state index in [1.165, 1.54) is 6.08 Å². The molecule has 1 heterocycles. The van der Waals surface area contributed by atoms with E-state index in [1.54, 1.807) is 12.3 Å². The van der Waals surface area contributed by atoms with E-state index in [1.807, 2.05) is 30.3 Å². The molecular formula is C11H11N4O+. The molecule has 1 aromatic carbocycles. The zero-order valence-electron chi connectivity index (χ0n) is 8.47. The highest BCUT2D eigenvalue weighted by atomic mass is 16.1. The summed E-state index contributed by atoms with van der Waals surface area (Å²) in [5.74, 6) is 0.243. The molecule has 0 saturated carbocycles. The highest BCUT2D eigenvalue weighted by Gasteiger charge is 2.04. The fraction of sp³-hybridized carbons (Fsp3) is 0. The molecule has 2 rings (SSSR count). The molecule has 0 bridgehead atoms. The Morgan fingerprint density at radius 2 is 2.19 bits per heavy atom. The van der Waals surface area contributed by atoms with Gasteiger partial charge >= 0.3 is 5.82 Å². The first-order valence-corrected chi connectivity index (χ1v) is 4.80. The number of H-pyrrole nitrogens is 2. The third-order valence-electron chi connectivity index (χ3n) is 1.93. The van der Waals surface area contributed by atoms with Gasteiger partial charge in [-0.2, -0.15) is 5.10 Å². The Balaban J connectivity index is 1.95. The zero-order valence-corrected chi connectivity index (χ0v) is 8.47. The average molecular weight is 215 g/mol. The standard InChI is InChI=1S/C11H10N4O/c16-11(13-10-8-12-15-14-10)7-6-9-4-2-1-3-5-9/h1-8H,(H2,12,13,14,15,16)/p+1. The number of nitrogens with zero attached hydrogens (tertiary/aromatic N) is 1. The summed E-state index contributed by atoms with van der Waals surface area (Å²) < 4.78 is 0. The van der Waals surface area contributed by atoms with Gasteiger partial charge in [-0.3, -0.25) is 10.1 Å². The molecule has 0 spiro atoms. The Kier molecular flexibility index (Phi) is 3.08. The first-order chi connectivity index (χ1) is 7.84. The minimum absolute atomic E-state index is 0.218. The van der Waals surface area contributed by atoms with E-state index in [2.05, 4.69) is 20.7 Å². The Morgan fingerprint density at radius 3 is 2.88 bits per heavy atom. The number of hydrogen-bond acceptors (Lipinski definition) is 2. The third kappa shape index (κ3) is 2.78. The lowest BCUT2D eigenvalue weighted by atomic mass is 10.2. The number of carbonyl (C=O) groups is 1. The van der Waals surface area contributed by atoms with E-state index < -0.39 is 0 Å². The van der Waals surface area contributed by atoms with Gasteiger partial charge < -0.3 is 0 Å². The van der Waals surface area contributed by atoms with Crippen LogP contribution in [-0.2, 0) is 4.79 Å². The lowest BCUT2D eigenvalue weighted by Gasteiger charge is -1.92. The molecule has 0 unspecified atom stereocenters. The Morgan fingerprint density at radius 1 is 1.38 bits per heavy atom. The SMILES string of the molecule is O=C(C=Cc1ccccc1)Nc1c[nH+][nH]n1. The molecule has 2 aromatic rings. The lowest BCUT2D eigenvalue weighted by molar-refractivity contribution is -0.454. The molecule has 16 heavy (non-hydrogen) atoms. The van der Waals surface area contributed by atoms with Crippen molar-refractivity contribution in [3.8, 4) is 0 Å². The van der Waals surface area contributed by atoms with Crippen molar-refractivity contribution in [3.63, 3.8) is 0 Å². The maximum Gasteiger partial charge on any atom is 0.314 e. The topological polar surface area (TPSA) is 71.9 Å². The molecule has 1 amide bonds. The van der Waals surface area contributed by atoms with Crippen molar-refractivity contribution < 1.29 is 9.89 Å². The summed E-state index contributed by atoms with van der Waals surface area (Å²) in [6.07, 6.45) is 4.77. The lowest BCUT2D eigenvalue weighted by Crippen LogP contribution is -2.08. The van der Waals surface area contributed by atoms with Crippen LogP contribution in [0, 0.1) is 0 Å². The van der Waals surface area contributed by atoms with E-state index >= 15 is 0 Å². The predicted octanol–water partition coefficient (Wildman–Crippen LogP) is 0.876. The van der Waals surface area contributed by atoms with Crippen molar-refractivity contribution in [1.82, 2.24) is 10.3 Å². The van der Waals surface area contributed by atoms with Crippen molar-refractivity contribution in [2.45, 2.75) is 0 Å². The van der Waals surface area contributed by atoms with Crippen LogP contribution in [0.2, 0.25) is 0 Å². The Hall–Kier alpha value is -2.43. The Labute approximate surface area is 92.2 Å². The summed E-state index contributed by atoms with van der Waals surface area (Å²) in [4.78, 5) is 11.4. The third-order valence-corrected chi connectivity index (χ3v) is 1.93. The fourth-order valence-electron chi connectivity index (χ4n) is 1.19. The molecule has 0 aliphatic carbocycles. The summed E-state index contributed by atoms with van der Waals surface area (Å²) in [5, 5.41) is 11.5. The largest absolute Gasteiger partial charge is 0.314 e. The first kappa shape index (κ1) is 10.1. The van der Waals surface area contributed by atoms with Crippen molar-refractivity contribution in [1.29, 1.82) is 0 Å². The molecule has 0 saturated heterocycles. The molecule has 80 valence electrons. The van der Waals surface area contributed by atoms with Crippen LogP contribution in [0.1, 0.15) is 5.56 Å². The smallest absolute Gasteiger partial charge is 0.281 e. The van der Waals surface area contributed by atoms with Gasteiger partial charge in [0.2, 0.25) is 0 Å². The summed E-state index contributed by atoms with van der Waals surface area (Å²) >= 11 is 0. The first-order valence-electron chi connectivity index (χ1n) is 4.80. The number of aromatic amines is 2. The van der Waals surface area contributed by atoms with Crippen LogP contribution in [0.4, 0.5) is 5.82 Å². The van der Waals surface area contributed by atoms with Gasteiger partial charge in [-0.15, -0.1) is 0 Å². The minimum atomic E-state index is -0.218. The van der Waals surface area contributed by atoms with Gasteiger partial charge in [0.25, 0.3) is 5.91 Å². The van der Waals surface area contributed by atoms with Gasteiger partial charge in [0, 0.05) is 6.08 Å². The van der Waals surface area contributed by atoms with Crippen molar-refractivity contribution in [2.75, 3.05) is 5.32 Å². The molecule has 0 atom stereocenters. The van der Waals surface area contributed by atoms with E-state index in [9.17, 15) is 4.79 Å². The minimum Gasteiger partial charge on any atom is -0.281 e. The maximum atomic E-state index is 11.4. The molecule has 0 aliphatic heterocycles. The van der Waals surface area contributed by atoms with Crippen LogP contribution in [0.5, 0.6) is 0 Å². The van der Waals surface area contributed by atoms with Gasteiger partial charge in [-0.25, -0.2) is 0 Å². The summed E-state index contributed by atoms with van der Waals surface area (Å²) in [6.45, 7) is 0. The van der Waals surface area contributed by atoms with Gasteiger partial charge in [0.05, 0.1) is 5.10 Å². The van der Waals surface area contributed by atoms with Crippen molar-refractivity contribution in [3.05, 3.63) is 48.2 Å². The second-order valence-corrected chi connectivity index (χ2v) is 3.13. The summed E-state index contributed by atoms with van der Waals surface area (Å²) in [5.41, 5.74) is 0.978. The summed E-state index contributed by atoms with van der Waals surface area (Å²) in [7, 11) is 0. The molecule has 3 N–H and O–H groups in total. The number of amides is 1. The number of hydrogen-bond donors (Lipinski definition) is 2. The maximum absolute atomic E-state index is 11.4. The van der Waals surface area contributed by atoms with E-state index in [0.29, 0.717) is 5.82 Å². The van der Waals surface area contributed by atoms with Crippen LogP contribution in [0.25, 0.3) is 6.08 Å². The second kappa shape index (κ2) is 4.88. The number of nitrogens with one attached hydrogen (secondary N) is 3. The highest BCUT2D eigenvalue weighted by molar-refractivity contribution is 6.01. The number of anilines is 1. The molecule has 0 radical (unpaired) electrons. The monoisotopic (exact) mass is 215 g/mol. The molecule has 0 fully saturated rings. The molecule has 5 nitrogen and oxygen atoms in total. The van der Waals surface area contributed by atoms with Crippen LogP contribution in [0.3, 0.4) is 0 Å². The number of carbonyl (C=O) groups excluding carboxylic acids is 1. The molecule has 0 aliphatic rings. The molecular weight excluding hydrogens is 204 g/mol. The van der Waals surface area contributed by atoms with Crippen LogP contribution in [-0.4, -0.2) is 16.2 Å². The van der Waals surface area contributed by atoms with Gasteiger partial charge in [0.1, 0.15) is 0 Å². The van der Waals surface area contributed by atoms with Crippen LogP contribution < -0.4 is 10.4 Å². The van der Waals surface area contributed by atoms with Gasteiger partial charge in [-0.05, 0) is 11.6 Å². The molecule has 5 heteroatoms. The van der Waals surface area contributed by atoms with Gasteiger partial charge in [0.15, 0.2) is 6.20 Å². The average Bonchev–Trinajstić information content (AvgIpc) is 2.81. The zero-order chi connectivity index (χ0) is 11.2. The fourth-order valence-corrected chi connectivity index (χ4v) is 1.19. The number of benzene rings is 1. The van der Waals surface area contributed by atoms with Gasteiger partial charge in [-0.1, -0.05) is 35.5 Å². The van der Waals surface area contributed by atoms with Crippen LogP contribution in [0.15, 0.2) is 42.6 Å². The highest BCUT2D eigenvalue weighted by Crippen LogP contribution is 2.01. The number of aromatic nitrogens is 3. The number of rotatable bonds is 3.